The van der Waals surface area contributed by atoms with Gasteiger partial charge in [-0.25, -0.2) is 4.79 Å². The average Bonchev–Trinajstić information content (AvgIpc) is 2.58. The van der Waals surface area contributed by atoms with E-state index in [-0.39, 0.29) is 12.1 Å². The maximum Gasteiger partial charge on any atom is 0.328 e. The Bertz CT molecular complexity index is 832. The van der Waals surface area contributed by atoms with E-state index in [1.165, 1.54) is 12.1 Å². The molecule has 1 spiro atoms. The Morgan fingerprint density at radius 1 is 1.23 bits per heavy atom. The summed E-state index contributed by atoms with van der Waals surface area (Å²) in [5, 5.41) is 15.6. The molecule has 9 nitrogen and oxygen atoms in total. The number of fused-ring (bicyclic) bond motifs is 4. The number of carbonyl (C=O) groups excluding carboxylic acids is 3. The Morgan fingerprint density at radius 3 is 2.58 bits per heavy atom. The van der Waals surface area contributed by atoms with Gasteiger partial charge in [0.05, 0.1) is 11.0 Å². The van der Waals surface area contributed by atoms with Gasteiger partial charge in [-0.1, -0.05) is 6.92 Å². The first kappa shape index (κ1) is 16.5. The fourth-order valence-electron chi connectivity index (χ4n) is 4.45. The van der Waals surface area contributed by atoms with Crippen molar-refractivity contribution in [2.24, 2.45) is 11.3 Å². The van der Waals surface area contributed by atoms with Gasteiger partial charge in [0, 0.05) is 30.8 Å². The first-order chi connectivity index (χ1) is 12.3. The zero-order valence-corrected chi connectivity index (χ0v) is 14.2. The van der Waals surface area contributed by atoms with Gasteiger partial charge in [0.1, 0.15) is 0 Å². The van der Waals surface area contributed by atoms with Crippen LogP contribution in [-0.2, 0) is 16.0 Å². The maximum absolute atomic E-state index is 12.8. The van der Waals surface area contributed by atoms with Crippen LogP contribution in [0, 0.1) is 21.4 Å². The van der Waals surface area contributed by atoms with Gasteiger partial charge >= 0.3 is 6.03 Å². The van der Waals surface area contributed by atoms with E-state index in [0.29, 0.717) is 24.4 Å². The number of anilines is 1. The molecular formula is C17H18N4O5. The van der Waals surface area contributed by atoms with Crippen LogP contribution in [0.5, 0.6) is 0 Å². The number of benzene rings is 1. The smallest absolute Gasteiger partial charge is 0.328 e. The summed E-state index contributed by atoms with van der Waals surface area (Å²) in [6, 6.07) is 3.32. The quantitative estimate of drug-likeness (QED) is 0.440. The molecule has 3 aliphatic heterocycles. The van der Waals surface area contributed by atoms with E-state index in [1.54, 1.807) is 6.07 Å². The second-order valence-electron chi connectivity index (χ2n) is 7.29. The number of hydrogen-bond acceptors (Lipinski definition) is 6. The molecule has 0 bridgehead atoms. The van der Waals surface area contributed by atoms with Gasteiger partial charge in [0.2, 0.25) is 11.8 Å². The van der Waals surface area contributed by atoms with Crippen molar-refractivity contribution in [2.75, 3.05) is 11.4 Å². The number of nitro groups is 1. The summed E-state index contributed by atoms with van der Waals surface area (Å²) >= 11 is 0. The van der Waals surface area contributed by atoms with E-state index in [2.05, 4.69) is 17.6 Å². The van der Waals surface area contributed by atoms with Crippen LogP contribution in [0.3, 0.4) is 0 Å². The Balaban J connectivity index is 1.88. The van der Waals surface area contributed by atoms with E-state index < -0.39 is 34.2 Å². The van der Waals surface area contributed by atoms with Crippen molar-refractivity contribution in [3.63, 3.8) is 0 Å². The summed E-state index contributed by atoms with van der Waals surface area (Å²) in [6.07, 6.45) is 1.56. The van der Waals surface area contributed by atoms with Crippen molar-refractivity contribution < 1.29 is 19.3 Å². The first-order valence-electron chi connectivity index (χ1n) is 8.54. The van der Waals surface area contributed by atoms with Gasteiger partial charge in [-0.2, -0.15) is 0 Å². The highest BCUT2D eigenvalue weighted by atomic mass is 16.6. The lowest BCUT2D eigenvalue weighted by atomic mass is 9.65. The molecule has 0 saturated carbocycles. The molecule has 9 heteroatoms. The fraction of sp³-hybridized carbons (Fsp3) is 0.471. The number of rotatable bonds is 1. The van der Waals surface area contributed by atoms with Crippen LogP contribution in [0.15, 0.2) is 18.2 Å². The molecule has 2 N–H and O–H groups in total. The van der Waals surface area contributed by atoms with Crippen LogP contribution in [-0.4, -0.2) is 35.4 Å². The molecule has 2 saturated heterocycles. The molecule has 1 aromatic rings. The lowest BCUT2D eigenvalue weighted by Gasteiger charge is -2.53. The maximum atomic E-state index is 12.8. The van der Waals surface area contributed by atoms with E-state index in [4.69, 9.17) is 0 Å². The minimum atomic E-state index is -1.47. The lowest BCUT2D eigenvalue weighted by molar-refractivity contribution is -0.384. The number of urea groups is 1. The highest BCUT2D eigenvalue weighted by molar-refractivity contribution is 6.20. The standard InChI is InChI=1S/C17H18N4O5/c1-9-4-5-20-12-3-2-11(21(25)26)7-10(12)8-17(13(20)6-9)14(22)18-16(24)19-15(17)23/h2-3,7,9,13H,4-6,8H2,1H3,(H2,18,19,22,23,24). The Kier molecular flexibility index (Phi) is 3.50. The molecule has 4 amide bonds. The molecule has 26 heavy (non-hydrogen) atoms. The third-order valence-electron chi connectivity index (χ3n) is 5.75. The van der Waals surface area contributed by atoms with Gasteiger partial charge in [0.15, 0.2) is 5.41 Å². The van der Waals surface area contributed by atoms with Crippen LogP contribution in [0.25, 0.3) is 0 Å². The molecule has 0 aromatic heterocycles. The second kappa shape index (κ2) is 5.52. The number of nitro benzene ring substituents is 1. The largest absolute Gasteiger partial charge is 0.367 e. The van der Waals surface area contributed by atoms with Crippen molar-refractivity contribution in [1.29, 1.82) is 0 Å². The van der Waals surface area contributed by atoms with Crippen molar-refractivity contribution in [3.8, 4) is 0 Å². The SMILES string of the molecule is CC1CCN2c3ccc([N+](=O)[O-])cc3CC3(C(=O)NC(=O)NC3=O)C2C1. The average molecular weight is 358 g/mol. The lowest BCUT2D eigenvalue weighted by Crippen LogP contribution is -2.72. The van der Waals surface area contributed by atoms with Crippen molar-refractivity contribution in [2.45, 2.75) is 32.2 Å². The molecule has 2 unspecified atom stereocenters. The Hall–Kier alpha value is -2.97. The molecular weight excluding hydrogens is 340 g/mol. The first-order valence-corrected chi connectivity index (χ1v) is 8.54. The molecule has 0 radical (unpaired) electrons. The van der Waals surface area contributed by atoms with Crippen molar-refractivity contribution in [1.82, 2.24) is 10.6 Å². The summed E-state index contributed by atoms with van der Waals surface area (Å²) in [5.74, 6) is -0.939. The van der Waals surface area contributed by atoms with Crippen LogP contribution < -0.4 is 15.5 Å². The van der Waals surface area contributed by atoms with Crippen LogP contribution in [0.4, 0.5) is 16.2 Å². The number of nitrogens with one attached hydrogen (secondary N) is 2. The summed E-state index contributed by atoms with van der Waals surface area (Å²) in [4.78, 5) is 49.9. The summed E-state index contributed by atoms with van der Waals surface area (Å²) in [7, 11) is 0. The van der Waals surface area contributed by atoms with E-state index in [0.717, 1.165) is 12.1 Å². The van der Waals surface area contributed by atoms with E-state index >= 15 is 0 Å². The Morgan fingerprint density at radius 2 is 1.92 bits per heavy atom. The Labute approximate surface area is 148 Å². The molecule has 136 valence electrons. The van der Waals surface area contributed by atoms with Crippen LogP contribution in [0.2, 0.25) is 0 Å². The molecule has 3 aliphatic rings. The number of carbonyl (C=O) groups is 3. The van der Waals surface area contributed by atoms with Gasteiger partial charge in [-0.05, 0) is 30.4 Å². The molecule has 4 rings (SSSR count). The number of imide groups is 2. The summed E-state index contributed by atoms with van der Waals surface area (Å²) in [6.45, 7) is 2.72. The number of non-ortho nitro benzene ring substituents is 1. The normalized spacial score (nSPS) is 26.7. The van der Waals surface area contributed by atoms with Gasteiger partial charge in [-0.15, -0.1) is 0 Å². The van der Waals surface area contributed by atoms with Crippen LogP contribution in [0.1, 0.15) is 25.3 Å². The molecule has 2 fully saturated rings. The molecule has 3 heterocycles. The van der Waals surface area contributed by atoms with Gasteiger partial charge in [0.25, 0.3) is 5.69 Å². The number of piperidine rings is 1. The summed E-state index contributed by atoms with van der Waals surface area (Å²) in [5.41, 5.74) is -0.166. The van der Waals surface area contributed by atoms with Crippen LogP contribution >= 0.6 is 0 Å². The highest BCUT2D eigenvalue weighted by Crippen LogP contribution is 2.48. The van der Waals surface area contributed by atoms with Gasteiger partial charge in [-0.3, -0.25) is 30.3 Å². The predicted octanol–water partition coefficient (Wildman–Crippen LogP) is 1.11. The fourth-order valence-corrected chi connectivity index (χ4v) is 4.45. The van der Waals surface area contributed by atoms with Gasteiger partial charge < -0.3 is 4.90 Å². The number of barbiturate groups is 1. The topological polar surface area (TPSA) is 122 Å². The zero-order valence-electron chi connectivity index (χ0n) is 14.2. The third-order valence-corrected chi connectivity index (χ3v) is 5.75. The minimum absolute atomic E-state index is 0.0306. The molecule has 1 aromatic carbocycles. The van der Waals surface area contributed by atoms with E-state index in [1.807, 2.05) is 4.90 Å². The van der Waals surface area contributed by atoms with E-state index in [9.17, 15) is 24.5 Å². The number of nitrogens with zero attached hydrogens (tertiary/aromatic N) is 2. The monoisotopic (exact) mass is 358 g/mol. The summed E-state index contributed by atoms with van der Waals surface area (Å²) < 4.78 is 0. The second-order valence-corrected chi connectivity index (χ2v) is 7.29. The zero-order chi connectivity index (χ0) is 18.6. The number of hydrogen-bond donors (Lipinski definition) is 2. The molecule has 2 atom stereocenters. The van der Waals surface area contributed by atoms with Crippen molar-refractivity contribution >= 4 is 29.2 Å². The third kappa shape index (κ3) is 2.19. The minimum Gasteiger partial charge on any atom is -0.367 e. The predicted molar refractivity (Wildman–Crippen MR) is 90.4 cm³/mol. The number of amides is 4. The molecule has 0 aliphatic carbocycles. The highest BCUT2D eigenvalue weighted by Gasteiger charge is 2.60. The van der Waals surface area contributed by atoms with Crippen molar-refractivity contribution in [3.05, 3.63) is 33.9 Å².